The van der Waals surface area contributed by atoms with Gasteiger partial charge in [-0.05, 0) is 36.5 Å². The van der Waals surface area contributed by atoms with Crippen molar-refractivity contribution in [2.24, 2.45) is 0 Å². The van der Waals surface area contributed by atoms with Crippen molar-refractivity contribution in [1.29, 1.82) is 5.26 Å². The molecular weight excluding hydrogens is 544 g/mol. The highest BCUT2D eigenvalue weighted by Crippen LogP contribution is 2.43. The highest BCUT2D eigenvalue weighted by molar-refractivity contribution is 7.98. The Morgan fingerprint density at radius 2 is 2.03 bits per heavy atom. The van der Waals surface area contributed by atoms with Crippen LogP contribution in [0, 0.1) is 17.9 Å². The molecule has 4 rings (SSSR count). The average Bonchev–Trinajstić information content (AvgIpc) is 3.39. The quantitative estimate of drug-likeness (QED) is 0.228. The van der Waals surface area contributed by atoms with Crippen LogP contribution in [0.1, 0.15) is 42.5 Å². The number of nitrogens with zero attached hydrogens (tertiary/aromatic N) is 5. The van der Waals surface area contributed by atoms with E-state index in [1.807, 2.05) is 29.6 Å². The van der Waals surface area contributed by atoms with Gasteiger partial charge in [0.15, 0.2) is 6.61 Å². The van der Waals surface area contributed by atoms with Crippen LogP contribution in [0.4, 0.5) is 11.5 Å². The topological polar surface area (TPSA) is 127 Å². The molecule has 0 unspecified atom stereocenters. The summed E-state index contributed by atoms with van der Waals surface area (Å²) < 4.78 is 4.82. The summed E-state index contributed by atoms with van der Waals surface area (Å²) in [6.45, 7) is 9.48. The molecule has 3 aromatic rings. The second-order valence-electron chi connectivity index (χ2n) is 8.54. The number of anilines is 1. The summed E-state index contributed by atoms with van der Waals surface area (Å²) in [6.07, 6.45) is 1.10. The maximum atomic E-state index is 12.3. The lowest BCUT2D eigenvalue weighted by Crippen LogP contribution is -2.40. The van der Waals surface area contributed by atoms with Gasteiger partial charge in [-0.15, -0.1) is 11.3 Å². The van der Waals surface area contributed by atoms with Gasteiger partial charge in [-0.2, -0.15) is 5.26 Å². The molecule has 0 atom stereocenters. The van der Waals surface area contributed by atoms with E-state index in [-0.39, 0.29) is 29.9 Å². The van der Waals surface area contributed by atoms with E-state index in [9.17, 15) is 14.9 Å². The molecule has 0 saturated carbocycles. The molecule has 1 aromatic carbocycles. The van der Waals surface area contributed by atoms with Crippen molar-refractivity contribution >= 4 is 58.1 Å². The zero-order valence-electron chi connectivity index (χ0n) is 20.4. The van der Waals surface area contributed by atoms with Crippen molar-refractivity contribution in [2.45, 2.75) is 36.5 Å². The number of thioether (sulfide) groups is 1. The number of nitriles is 1. The Morgan fingerprint density at radius 3 is 2.66 bits per heavy atom. The van der Waals surface area contributed by atoms with Crippen molar-refractivity contribution in [3.63, 3.8) is 0 Å². The maximum Gasteiger partial charge on any atom is 0.303 e. The fourth-order valence-electron chi connectivity index (χ4n) is 4.23. The third kappa shape index (κ3) is 6.25. The van der Waals surface area contributed by atoms with Gasteiger partial charge in [0.05, 0.1) is 17.8 Å². The fraction of sp³-hybridized carbons (Fsp3) is 0.308. The number of carbonyl (C=O) groups excluding carboxylic acids is 2. The number of ether oxygens (including phenoxy) is 1. The number of aromatic nitrogens is 2. The van der Waals surface area contributed by atoms with Crippen LogP contribution in [0.25, 0.3) is 15.4 Å². The Morgan fingerprint density at radius 1 is 1.32 bits per heavy atom. The lowest BCUT2D eigenvalue weighted by Gasteiger charge is -2.33. The third-order valence-electron chi connectivity index (χ3n) is 6.08. The molecule has 1 aliphatic heterocycles. The molecule has 0 radical (unpaired) electrons. The Kier molecular flexibility index (Phi) is 8.85. The molecule has 1 fully saturated rings. The number of pyridine rings is 1. The van der Waals surface area contributed by atoms with Gasteiger partial charge in [0, 0.05) is 41.7 Å². The van der Waals surface area contributed by atoms with E-state index in [1.165, 1.54) is 30.0 Å². The van der Waals surface area contributed by atoms with Crippen LogP contribution in [-0.4, -0.2) is 46.4 Å². The maximum absolute atomic E-state index is 12.3. The Balaban J connectivity index is 1.52. The SMILES string of the molecule is [C-]#[N+]c1c(N)nc(SCc2csc(-c3ccc(Cl)cc3)n2)c(C#N)c1C1CCN(C(=O)COC(C)=O)CC1. The number of esters is 1. The lowest BCUT2D eigenvalue weighted by atomic mass is 9.86. The zero-order valence-corrected chi connectivity index (χ0v) is 22.8. The monoisotopic (exact) mass is 566 g/mol. The molecule has 0 bridgehead atoms. The molecule has 1 aliphatic rings. The number of amides is 1. The molecule has 0 spiro atoms. The molecule has 2 N–H and O–H groups in total. The number of nitrogens with two attached hydrogens (primary N) is 1. The van der Waals surface area contributed by atoms with E-state index in [0.717, 1.165) is 16.3 Å². The largest absolute Gasteiger partial charge is 0.456 e. The molecule has 38 heavy (non-hydrogen) atoms. The van der Waals surface area contributed by atoms with Crippen molar-refractivity contribution in [3.05, 3.63) is 62.9 Å². The first-order valence-electron chi connectivity index (χ1n) is 11.7. The lowest BCUT2D eigenvalue weighted by molar-refractivity contribution is -0.150. The molecule has 9 nitrogen and oxygen atoms in total. The number of benzene rings is 1. The number of hydrogen-bond acceptors (Lipinski definition) is 9. The Labute approximate surface area is 233 Å². The van der Waals surface area contributed by atoms with Gasteiger partial charge >= 0.3 is 5.97 Å². The molecule has 194 valence electrons. The number of rotatable bonds is 7. The predicted octanol–water partition coefficient (Wildman–Crippen LogP) is 5.42. The van der Waals surface area contributed by atoms with Crippen LogP contribution < -0.4 is 5.73 Å². The molecule has 1 amide bonds. The summed E-state index contributed by atoms with van der Waals surface area (Å²) in [4.78, 5) is 37.7. The van der Waals surface area contributed by atoms with E-state index in [1.54, 1.807) is 4.90 Å². The standard InChI is InChI=1S/C26H23ClN6O3S2/c1-15(34)36-12-21(35)33-9-7-16(8-10-33)22-20(11-28)26(32-24(29)23(22)30-2)38-14-19-13-37-25(31-19)17-3-5-18(27)6-4-17/h3-6,13,16H,7-10,12,14H2,1H3,(H2,29,32). The van der Waals surface area contributed by atoms with Crippen LogP contribution in [0.15, 0.2) is 34.7 Å². The van der Waals surface area contributed by atoms with Gasteiger partial charge in [0.2, 0.25) is 5.69 Å². The number of nitrogen functional groups attached to an aromatic ring is 1. The zero-order chi connectivity index (χ0) is 27.2. The number of carbonyl (C=O) groups is 2. The minimum absolute atomic E-state index is 0.0880. The van der Waals surface area contributed by atoms with Gasteiger partial charge in [-0.25, -0.2) is 14.8 Å². The number of halogens is 1. The van der Waals surface area contributed by atoms with E-state index >= 15 is 0 Å². The van der Waals surface area contributed by atoms with Crippen LogP contribution >= 0.6 is 34.7 Å². The smallest absolute Gasteiger partial charge is 0.303 e. The molecule has 12 heteroatoms. The van der Waals surface area contributed by atoms with E-state index in [4.69, 9.17) is 33.6 Å². The summed E-state index contributed by atoms with van der Waals surface area (Å²) in [5.74, 6) is -0.344. The average molecular weight is 567 g/mol. The molecule has 2 aromatic heterocycles. The van der Waals surface area contributed by atoms with Gasteiger partial charge in [0.25, 0.3) is 5.91 Å². The Hall–Kier alpha value is -3.64. The highest BCUT2D eigenvalue weighted by atomic mass is 35.5. The Bertz CT molecular complexity index is 1440. The van der Waals surface area contributed by atoms with Gasteiger partial charge in [-0.3, -0.25) is 9.59 Å². The van der Waals surface area contributed by atoms with Crippen molar-refractivity contribution in [2.75, 3.05) is 25.4 Å². The van der Waals surface area contributed by atoms with Gasteiger partial charge in [0.1, 0.15) is 21.9 Å². The number of thiazole rings is 1. The summed E-state index contributed by atoms with van der Waals surface area (Å²) >= 11 is 8.86. The summed E-state index contributed by atoms with van der Waals surface area (Å²) in [5, 5.41) is 14.0. The predicted molar refractivity (Wildman–Crippen MR) is 147 cm³/mol. The molecule has 3 heterocycles. The van der Waals surface area contributed by atoms with Gasteiger partial charge < -0.3 is 15.4 Å². The highest BCUT2D eigenvalue weighted by Gasteiger charge is 2.30. The van der Waals surface area contributed by atoms with Crippen LogP contribution in [0.5, 0.6) is 0 Å². The first-order chi connectivity index (χ1) is 18.3. The normalized spacial score (nSPS) is 13.5. The first-order valence-corrected chi connectivity index (χ1v) is 13.9. The first kappa shape index (κ1) is 27.4. The summed E-state index contributed by atoms with van der Waals surface area (Å²) in [6, 6.07) is 9.72. The van der Waals surface area contributed by atoms with E-state index in [0.29, 0.717) is 52.9 Å². The van der Waals surface area contributed by atoms with Crippen molar-refractivity contribution in [1.82, 2.24) is 14.9 Å². The van der Waals surface area contributed by atoms with Gasteiger partial charge in [-0.1, -0.05) is 35.5 Å². The second-order valence-corrected chi connectivity index (χ2v) is 10.8. The number of hydrogen-bond donors (Lipinski definition) is 1. The summed E-state index contributed by atoms with van der Waals surface area (Å²) in [5.41, 5.74) is 9.11. The summed E-state index contributed by atoms with van der Waals surface area (Å²) in [7, 11) is 0. The number of likely N-dealkylation sites (tertiary alicyclic amines) is 1. The van der Waals surface area contributed by atoms with Crippen LogP contribution in [0.2, 0.25) is 5.02 Å². The minimum atomic E-state index is -0.509. The van der Waals surface area contributed by atoms with Crippen LogP contribution in [-0.2, 0) is 20.1 Å². The second kappa shape index (κ2) is 12.3. The number of piperidine rings is 1. The molecular formula is C26H23ClN6O3S2. The fourth-order valence-corrected chi connectivity index (χ4v) is 6.18. The van der Waals surface area contributed by atoms with E-state index in [2.05, 4.69) is 15.9 Å². The third-order valence-corrected chi connectivity index (χ3v) is 8.28. The van der Waals surface area contributed by atoms with Crippen LogP contribution in [0.3, 0.4) is 0 Å². The van der Waals surface area contributed by atoms with E-state index < -0.39 is 5.97 Å². The van der Waals surface area contributed by atoms with Crippen molar-refractivity contribution in [3.8, 4) is 16.6 Å². The molecule has 1 saturated heterocycles. The van der Waals surface area contributed by atoms with Crippen molar-refractivity contribution < 1.29 is 14.3 Å². The minimum Gasteiger partial charge on any atom is -0.456 e. The molecule has 0 aliphatic carbocycles.